The molecule has 0 radical (unpaired) electrons. The number of nitrogens with one attached hydrogen (secondary N) is 1. The van der Waals surface area contributed by atoms with Gasteiger partial charge in [-0.25, -0.2) is 4.98 Å². The predicted octanol–water partition coefficient (Wildman–Crippen LogP) is 3.04. The van der Waals surface area contributed by atoms with E-state index in [1.54, 1.807) is 23.2 Å². The molecule has 0 saturated heterocycles. The molecule has 106 valence electrons. The highest BCUT2D eigenvalue weighted by Gasteiger charge is 2.08. The SMILES string of the molecule is CC(=O)N(C)Cc1ccccc1NCc1scnc1C. The van der Waals surface area contributed by atoms with E-state index < -0.39 is 0 Å². The van der Waals surface area contributed by atoms with Gasteiger partial charge < -0.3 is 10.2 Å². The lowest BCUT2D eigenvalue weighted by atomic mass is 10.1. The third kappa shape index (κ3) is 3.57. The molecule has 0 aliphatic heterocycles. The van der Waals surface area contributed by atoms with Crippen molar-refractivity contribution < 1.29 is 4.79 Å². The molecule has 1 amide bonds. The zero-order chi connectivity index (χ0) is 14.5. The van der Waals surface area contributed by atoms with Crippen LogP contribution in [0.25, 0.3) is 0 Å². The molecule has 0 unspecified atom stereocenters. The maximum atomic E-state index is 11.3. The molecule has 4 nitrogen and oxygen atoms in total. The van der Waals surface area contributed by atoms with Crippen LogP contribution in [-0.2, 0) is 17.9 Å². The molecule has 1 aromatic carbocycles. The molecule has 0 atom stereocenters. The van der Waals surface area contributed by atoms with E-state index >= 15 is 0 Å². The van der Waals surface area contributed by atoms with Gasteiger partial charge in [-0.05, 0) is 18.6 Å². The van der Waals surface area contributed by atoms with E-state index in [1.807, 2.05) is 43.7 Å². The lowest BCUT2D eigenvalue weighted by molar-refractivity contribution is -0.128. The molecule has 5 heteroatoms. The van der Waals surface area contributed by atoms with Crippen molar-refractivity contribution in [2.24, 2.45) is 0 Å². The Balaban J connectivity index is 2.08. The molecule has 0 aliphatic carbocycles. The summed E-state index contributed by atoms with van der Waals surface area (Å²) in [5.74, 6) is 0.0677. The molecule has 0 fully saturated rings. The summed E-state index contributed by atoms with van der Waals surface area (Å²) in [5.41, 5.74) is 5.11. The Labute approximate surface area is 123 Å². The number of hydrogen-bond donors (Lipinski definition) is 1. The van der Waals surface area contributed by atoms with E-state index in [0.717, 1.165) is 23.5 Å². The summed E-state index contributed by atoms with van der Waals surface area (Å²) in [7, 11) is 1.81. The Bertz CT molecular complexity index is 594. The quantitative estimate of drug-likeness (QED) is 0.920. The van der Waals surface area contributed by atoms with Crippen LogP contribution in [0.15, 0.2) is 29.8 Å². The number of thiazole rings is 1. The van der Waals surface area contributed by atoms with Crippen LogP contribution in [0.5, 0.6) is 0 Å². The predicted molar refractivity (Wildman–Crippen MR) is 82.8 cm³/mol. The number of amides is 1. The first-order valence-electron chi connectivity index (χ1n) is 6.50. The summed E-state index contributed by atoms with van der Waals surface area (Å²) in [5, 5.41) is 3.43. The number of anilines is 1. The lowest BCUT2D eigenvalue weighted by Gasteiger charge is -2.18. The number of benzene rings is 1. The minimum absolute atomic E-state index is 0.0677. The second-order valence-corrected chi connectivity index (χ2v) is 5.69. The monoisotopic (exact) mass is 289 g/mol. The van der Waals surface area contributed by atoms with Crippen LogP contribution in [0.1, 0.15) is 23.1 Å². The number of aryl methyl sites for hydroxylation is 1. The largest absolute Gasteiger partial charge is 0.380 e. The highest BCUT2D eigenvalue weighted by atomic mass is 32.1. The average Bonchev–Trinajstić information content (AvgIpc) is 2.83. The molecule has 0 saturated carbocycles. The summed E-state index contributed by atoms with van der Waals surface area (Å²) in [6.07, 6.45) is 0. The fourth-order valence-electron chi connectivity index (χ4n) is 1.87. The summed E-state index contributed by atoms with van der Waals surface area (Å²) in [6, 6.07) is 8.08. The minimum Gasteiger partial charge on any atom is -0.380 e. The van der Waals surface area contributed by atoms with Crippen molar-refractivity contribution in [1.82, 2.24) is 9.88 Å². The Kier molecular flexibility index (Phi) is 4.74. The number of hydrogen-bond acceptors (Lipinski definition) is 4. The average molecular weight is 289 g/mol. The van der Waals surface area contributed by atoms with Crippen molar-refractivity contribution in [3.63, 3.8) is 0 Å². The molecular formula is C15H19N3OS. The summed E-state index contributed by atoms with van der Waals surface area (Å²) < 4.78 is 0. The highest BCUT2D eigenvalue weighted by Crippen LogP contribution is 2.20. The van der Waals surface area contributed by atoms with Gasteiger partial charge in [0.15, 0.2) is 0 Å². The first-order chi connectivity index (χ1) is 9.58. The number of rotatable bonds is 5. The normalized spacial score (nSPS) is 10.3. The molecule has 2 rings (SSSR count). The molecule has 0 bridgehead atoms. The van der Waals surface area contributed by atoms with Crippen LogP contribution >= 0.6 is 11.3 Å². The minimum atomic E-state index is 0.0677. The van der Waals surface area contributed by atoms with Crippen molar-refractivity contribution in [2.75, 3.05) is 12.4 Å². The third-order valence-corrected chi connectivity index (χ3v) is 4.18. The molecular weight excluding hydrogens is 270 g/mol. The van der Waals surface area contributed by atoms with Crippen LogP contribution in [-0.4, -0.2) is 22.8 Å². The standard InChI is InChI=1S/C15H19N3OS/c1-11-15(20-10-17-11)8-16-14-7-5-4-6-13(14)9-18(3)12(2)19/h4-7,10,16H,8-9H2,1-3H3. The lowest BCUT2D eigenvalue weighted by Crippen LogP contribution is -2.23. The van der Waals surface area contributed by atoms with Crippen LogP contribution < -0.4 is 5.32 Å². The first kappa shape index (κ1) is 14.5. The van der Waals surface area contributed by atoms with Gasteiger partial charge in [-0.15, -0.1) is 11.3 Å². The zero-order valence-electron chi connectivity index (χ0n) is 12.0. The fraction of sp³-hybridized carbons (Fsp3) is 0.333. The van der Waals surface area contributed by atoms with Crippen LogP contribution in [0.2, 0.25) is 0 Å². The second kappa shape index (κ2) is 6.52. The Hall–Kier alpha value is -1.88. The Morgan fingerprint density at radius 1 is 1.40 bits per heavy atom. The summed E-state index contributed by atoms with van der Waals surface area (Å²) >= 11 is 1.66. The van der Waals surface area contributed by atoms with Gasteiger partial charge >= 0.3 is 0 Å². The maximum Gasteiger partial charge on any atom is 0.219 e. The van der Waals surface area contributed by atoms with Crippen LogP contribution in [0.3, 0.4) is 0 Å². The summed E-state index contributed by atoms with van der Waals surface area (Å²) in [4.78, 5) is 18.5. The summed E-state index contributed by atoms with van der Waals surface area (Å²) in [6.45, 7) is 4.97. The maximum absolute atomic E-state index is 11.3. The van der Waals surface area contributed by atoms with Crippen molar-refractivity contribution in [3.05, 3.63) is 45.9 Å². The van der Waals surface area contributed by atoms with Crippen LogP contribution in [0.4, 0.5) is 5.69 Å². The van der Waals surface area contributed by atoms with E-state index in [-0.39, 0.29) is 5.91 Å². The van der Waals surface area contributed by atoms with Gasteiger partial charge in [-0.3, -0.25) is 4.79 Å². The van der Waals surface area contributed by atoms with Crippen molar-refractivity contribution in [2.45, 2.75) is 26.9 Å². The number of carbonyl (C=O) groups is 1. The third-order valence-electron chi connectivity index (χ3n) is 3.25. The van der Waals surface area contributed by atoms with Gasteiger partial charge in [0, 0.05) is 31.1 Å². The van der Waals surface area contributed by atoms with E-state index in [2.05, 4.69) is 10.3 Å². The Morgan fingerprint density at radius 3 is 2.80 bits per heavy atom. The van der Waals surface area contributed by atoms with E-state index in [9.17, 15) is 4.79 Å². The second-order valence-electron chi connectivity index (χ2n) is 4.75. The van der Waals surface area contributed by atoms with E-state index in [0.29, 0.717) is 6.54 Å². The topological polar surface area (TPSA) is 45.2 Å². The van der Waals surface area contributed by atoms with Crippen molar-refractivity contribution in [1.29, 1.82) is 0 Å². The molecule has 1 N–H and O–H groups in total. The zero-order valence-corrected chi connectivity index (χ0v) is 12.8. The number of nitrogens with zero attached hydrogens (tertiary/aromatic N) is 2. The Morgan fingerprint density at radius 2 is 2.15 bits per heavy atom. The van der Waals surface area contributed by atoms with Gasteiger partial charge in [0.25, 0.3) is 0 Å². The molecule has 20 heavy (non-hydrogen) atoms. The van der Waals surface area contributed by atoms with Gasteiger partial charge in [0.2, 0.25) is 5.91 Å². The van der Waals surface area contributed by atoms with E-state index in [4.69, 9.17) is 0 Å². The highest BCUT2D eigenvalue weighted by molar-refractivity contribution is 7.09. The molecule has 1 aromatic heterocycles. The van der Waals surface area contributed by atoms with Gasteiger partial charge in [-0.1, -0.05) is 18.2 Å². The van der Waals surface area contributed by atoms with Gasteiger partial charge in [0.1, 0.15) is 0 Å². The number of carbonyl (C=O) groups excluding carboxylic acids is 1. The molecule has 0 aliphatic rings. The van der Waals surface area contributed by atoms with Crippen molar-refractivity contribution >= 4 is 22.9 Å². The molecule has 1 heterocycles. The first-order valence-corrected chi connectivity index (χ1v) is 7.38. The van der Waals surface area contributed by atoms with Crippen LogP contribution in [0, 0.1) is 6.92 Å². The molecule has 2 aromatic rings. The number of para-hydroxylation sites is 1. The van der Waals surface area contributed by atoms with E-state index in [1.165, 1.54) is 4.88 Å². The van der Waals surface area contributed by atoms with Gasteiger partial charge in [0.05, 0.1) is 17.7 Å². The van der Waals surface area contributed by atoms with Gasteiger partial charge in [-0.2, -0.15) is 0 Å². The van der Waals surface area contributed by atoms with Crippen molar-refractivity contribution in [3.8, 4) is 0 Å². The smallest absolute Gasteiger partial charge is 0.219 e. The molecule has 0 spiro atoms. The number of aromatic nitrogens is 1. The fourth-order valence-corrected chi connectivity index (χ4v) is 2.59.